The minimum absolute atomic E-state index is 0.0741. The lowest BCUT2D eigenvalue weighted by Gasteiger charge is -2.09. The Balaban J connectivity index is 2.43. The molecule has 1 aliphatic carbocycles. The fourth-order valence-electron chi connectivity index (χ4n) is 1.38. The van der Waals surface area contributed by atoms with Crippen molar-refractivity contribution in [3.8, 4) is 0 Å². The molecule has 0 N–H and O–H groups in total. The lowest BCUT2D eigenvalue weighted by atomic mass is 10.3. The summed E-state index contributed by atoms with van der Waals surface area (Å²) in [5.41, 5.74) is 0. The Morgan fingerprint density at radius 3 is 2.50 bits per heavy atom. The highest BCUT2D eigenvalue weighted by Gasteiger charge is 2.21. The lowest BCUT2D eigenvalue weighted by molar-refractivity contribution is 0.218. The zero-order valence-corrected chi connectivity index (χ0v) is 7.85. The summed E-state index contributed by atoms with van der Waals surface area (Å²) in [4.78, 5) is 0. The molecular weight excluding hydrogens is 176 g/mol. The Bertz CT molecular complexity index is 237. The smallest absolute Gasteiger partial charge is 0.267 e. The molecule has 12 heavy (non-hydrogen) atoms. The molecule has 0 aromatic carbocycles. The van der Waals surface area contributed by atoms with Crippen LogP contribution in [0.4, 0.5) is 0 Å². The van der Waals surface area contributed by atoms with Crippen LogP contribution in [0.1, 0.15) is 25.7 Å². The third-order valence-corrected chi connectivity index (χ3v) is 3.12. The molecule has 1 fully saturated rings. The number of hydrogen-bond acceptors (Lipinski definition) is 3. The fourth-order valence-corrected chi connectivity index (χ4v) is 2.35. The van der Waals surface area contributed by atoms with Crippen LogP contribution < -0.4 is 0 Å². The van der Waals surface area contributed by atoms with Gasteiger partial charge < -0.3 is 0 Å². The average molecular weight is 190 g/mol. The van der Waals surface area contributed by atoms with Crippen LogP contribution in [0.2, 0.25) is 0 Å². The van der Waals surface area contributed by atoms with Gasteiger partial charge in [0.1, 0.15) is 0 Å². The van der Waals surface area contributed by atoms with Crippen molar-refractivity contribution in [3.63, 3.8) is 0 Å². The van der Waals surface area contributed by atoms with Crippen LogP contribution in [0.25, 0.3) is 0 Å². The topological polar surface area (TPSA) is 43.4 Å². The van der Waals surface area contributed by atoms with E-state index in [4.69, 9.17) is 4.18 Å². The fraction of sp³-hybridized carbons (Fsp3) is 0.750. The van der Waals surface area contributed by atoms with Gasteiger partial charge in [-0.15, -0.1) is 6.58 Å². The van der Waals surface area contributed by atoms with Crippen molar-refractivity contribution in [2.75, 3.05) is 5.75 Å². The van der Waals surface area contributed by atoms with Crippen LogP contribution in [0.15, 0.2) is 12.7 Å². The summed E-state index contributed by atoms with van der Waals surface area (Å²) in [6.45, 7) is 3.36. The Hall–Kier alpha value is -0.350. The molecule has 0 amide bonds. The highest BCUT2D eigenvalue weighted by atomic mass is 32.2. The molecule has 0 aromatic heterocycles. The second kappa shape index (κ2) is 4.05. The maximum atomic E-state index is 11.1. The van der Waals surface area contributed by atoms with E-state index in [2.05, 4.69) is 6.58 Å². The van der Waals surface area contributed by atoms with Crippen LogP contribution in [0, 0.1) is 0 Å². The molecule has 3 nitrogen and oxygen atoms in total. The predicted octanol–water partition coefficient (Wildman–Crippen LogP) is 1.46. The second-order valence-electron chi connectivity index (χ2n) is 3.02. The predicted molar refractivity (Wildman–Crippen MR) is 47.3 cm³/mol. The molecule has 0 aromatic rings. The van der Waals surface area contributed by atoms with E-state index in [1.807, 2.05) is 0 Å². The van der Waals surface area contributed by atoms with E-state index in [0.29, 0.717) is 0 Å². The molecule has 1 rings (SSSR count). The highest BCUT2D eigenvalue weighted by molar-refractivity contribution is 7.86. The average Bonchev–Trinajstić information content (AvgIpc) is 2.38. The first kappa shape index (κ1) is 9.74. The summed E-state index contributed by atoms with van der Waals surface area (Å²) in [5, 5.41) is 0. The van der Waals surface area contributed by atoms with Gasteiger partial charge in [-0.1, -0.05) is 18.9 Å². The lowest BCUT2D eigenvalue weighted by Crippen LogP contribution is -2.16. The summed E-state index contributed by atoms with van der Waals surface area (Å²) in [6, 6.07) is 0. The van der Waals surface area contributed by atoms with Crippen molar-refractivity contribution in [2.24, 2.45) is 0 Å². The Kier molecular flexibility index (Phi) is 3.29. The van der Waals surface area contributed by atoms with Crippen LogP contribution in [0.3, 0.4) is 0 Å². The van der Waals surface area contributed by atoms with Crippen LogP contribution >= 0.6 is 0 Å². The van der Waals surface area contributed by atoms with E-state index in [1.54, 1.807) is 0 Å². The summed E-state index contributed by atoms with van der Waals surface area (Å²) in [7, 11) is -3.33. The van der Waals surface area contributed by atoms with Gasteiger partial charge in [0.15, 0.2) is 0 Å². The van der Waals surface area contributed by atoms with E-state index in [0.717, 1.165) is 25.7 Å². The molecule has 0 bridgehead atoms. The molecule has 0 saturated heterocycles. The van der Waals surface area contributed by atoms with Crippen molar-refractivity contribution in [1.29, 1.82) is 0 Å². The maximum absolute atomic E-state index is 11.1. The standard InChI is InChI=1S/C8H14O3S/c1-2-7-12(9,10)11-8-5-3-4-6-8/h2,8H,1,3-7H2. The molecule has 0 heterocycles. The van der Waals surface area contributed by atoms with Crippen LogP contribution in [0.5, 0.6) is 0 Å². The van der Waals surface area contributed by atoms with Gasteiger partial charge in [-0.3, -0.25) is 4.18 Å². The van der Waals surface area contributed by atoms with Crippen molar-refractivity contribution in [3.05, 3.63) is 12.7 Å². The van der Waals surface area contributed by atoms with E-state index in [9.17, 15) is 8.42 Å². The van der Waals surface area contributed by atoms with Gasteiger partial charge in [-0.2, -0.15) is 8.42 Å². The summed E-state index contributed by atoms with van der Waals surface area (Å²) in [6.07, 6.45) is 5.18. The molecule has 0 unspecified atom stereocenters. The van der Waals surface area contributed by atoms with Crippen molar-refractivity contribution in [2.45, 2.75) is 31.8 Å². The maximum Gasteiger partial charge on any atom is 0.271 e. The third-order valence-electron chi connectivity index (χ3n) is 1.91. The minimum Gasteiger partial charge on any atom is -0.267 e. The number of hydrogen-bond donors (Lipinski definition) is 0. The van der Waals surface area contributed by atoms with E-state index in [-0.39, 0.29) is 11.9 Å². The van der Waals surface area contributed by atoms with Gasteiger partial charge in [0, 0.05) is 0 Å². The van der Waals surface area contributed by atoms with Crippen LogP contribution in [-0.4, -0.2) is 20.3 Å². The molecule has 1 saturated carbocycles. The van der Waals surface area contributed by atoms with E-state index in [1.165, 1.54) is 6.08 Å². The van der Waals surface area contributed by atoms with Gasteiger partial charge in [-0.25, -0.2) is 0 Å². The molecule has 0 spiro atoms. The zero-order chi connectivity index (χ0) is 9.03. The quantitative estimate of drug-likeness (QED) is 0.498. The van der Waals surface area contributed by atoms with Crippen molar-refractivity contribution < 1.29 is 12.6 Å². The van der Waals surface area contributed by atoms with Gasteiger partial charge >= 0.3 is 0 Å². The normalized spacial score (nSPS) is 19.7. The Labute approximate surface area is 73.5 Å². The van der Waals surface area contributed by atoms with Gasteiger partial charge in [0.25, 0.3) is 10.1 Å². The van der Waals surface area contributed by atoms with Gasteiger partial charge in [0.05, 0.1) is 11.9 Å². The summed E-state index contributed by atoms with van der Waals surface area (Å²) >= 11 is 0. The molecular formula is C8H14O3S. The van der Waals surface area contributed by atoms with E-state index < -0.39 is 10.1 Å². The first-order chi connectivity index (χ1) is 5.64. The highest BCUT2D eigenvalue weighted by Crippen LogP contribution is 2.22. The molecule has 1 aliphatic rings. The largest absolute Gasteiger partial charge is 0.271 e. The molecule has 0 radical (unpaired) electrons. The molecule has 0 aliphatic heterocycles. The summed E-state index contributed by atoms with van der Waals surface area (Å²) in [5.74, 6) is -0.0799. The van der Waals surface area contributed by atoms with E-state index >= 15 is 0 Å². The van der Waals surface area contributed by atoms with Gasteiger partial charge in [-0.05, 0) is 12.8 Å². The zero-order valence-electron chi connectivity index (χ0n) is 7.03. The van der Waals surface area contributed by atoms with Crippen molar-refractivity contribution >= 4 is 10.1 Å². The summed E-state index contributed by atoms with van der Waals surface area (Å²) < 4.78 is 27.1. The Morgan fingerprint density at radius 2 is 2.00 bits per heavy atom. The molecule has 0 atom stereocenters. The SMILES string of the molecule is C=CCS(=O)(=O)OC1CCCC1. The Morgan fingerprint density at radius 1 is 1.42 bits per heavy atom. The molecule has 4 heteroatoms. The van der Waals surface area contributed by atoms with Crippen LogP contribution in [-0.2, 0) is 14.3 Å². The second-order valence-corrected chi connectivity index (χ2v) is 4.66. The molecule has 70 valence electrons. The minimum atomic E-state index is -3.33. The number of rotatable bonds is 4. The first-order valence-electron chi connectivity index (χ1n) is 4.16. The van der Waals surface area contributed by atoms with Gasteiger partial charge in [0.2, 0.25) is 0 Å². The first-order valence-corrected chi connectivity index (χ1v) is 5.73. The monoisotopic (exact) mass is 190 g/mol. The third kappa shape index (κ3) is 2.95. The van der Waals surface area contributed by atoms with Crippen molar-refractivity contribution in [1.82, 2.24) is 0 Å².